The van der Waals surface area contributed by atoms with E-state index in [0.29, 0.717) is 10.0 Å². The van der Waals surface area contributed by atoms with Gasteiger partial charge in [0.25, 0.3) is 0 Å². The lowest BCUT2D eigenvalue weighted by atomic mass is 10.1. The van der Waals surface area contributed by atoms with Crippen LogP contribution in [0.1, 0.15) is 0 Å². The van der Waals surface area contributed by atoms with Gasteiger partial charge in [-0.2, -0.15) is 0 Å². The molecule has 4 aromatic rings. The van der Waals surface area contributed by atoms with Crippen LogP contribution in [0.25, 0.3) is 33.1 Å². The Kier molecular flexibility index (Phi) is 2.88. The SMILES string of the molecule is Clc1ccc2c(-c3cc(Cl)c4ccccc4n3)c[nH]c2c1. The molecule has 0 spiro atoms. The highest BCUT2D eigenvalue weighted by atomic mass is 35.5. The van der Waals surface area contributed by atoms with Gasteiger partial charge >= 0.3 is 0 Å². The van der Waals surface area contributed by atoms with Gasteiger partial charge in [0.15, 0.2) is 0 Å². The lowest BCUT2D eigenvalue weighted by Gasteiger charge is -2.04. The van der Waals surface area contributed by atoms with Gasteiger partial charge in [0.2, 0.25) is 0 Å². The topological polar surface area (TPSA) is 28.7 Å². The van der Waals surface area contributed by atoms with Crippen molar-refractivity contribution in [3.63, 3.8) is 0 Å². The highest BCUT2D eigenvalue weighted by Gasteiger charge is 2.10. The number of nitrogens with zero attached hydrogens (tertiary/aromatic N) is 1. The van der Waals surface area contributed by atoms with Gasteiger partial charge in [-0.15, -0.1) is 0 Å². The first-order valence-electron chi connectivity index (χ1n) is 6.55. The van der Waals surface area contributed by atoms with E-state index in [1.807, 2.05) is 54.7 Å². The van der Waals surface area contributed by atoms with Crippen LogP contribution in [0.5, 0.6) is 0 Å². The number of aromatic amines is 1. The molecule has 0 amide bonds. The van der Waals surface area contributed by atoms with Crippen molar-refractivity contribution in [1.82, 2.24) is 9.97 Å². The molecule has 2 nitrogen and oxygen atoms in total. The summed E-state index contributed by atoms with van der Waals surface area (Å²) in [6.45, 7) is 0. The molecule has 4 heteroatoms. The molecule has 0 fully saturated rings. The number of H-pyrrole nitrogens is 1. The molecule has 1 N–H and O–H groups in total. The molecule has 2 heterocycles. The fraction of sp³-hybridized carbons (Fsp3) is 0. The van der Waals surface area contributed by atoms with E-state index < -0.39 is 0 Å². The van der Waals surface area contributed by atoms with Crippen molar-refractivity contribution in [3.05, 3.63) is 64.8 Å². The fourth-order valence-electron chi connectivity index (χ4n) is 2.58. The summed E-state index contributed by atoms with van der Waals surface area (Å²) in [5.74, 6) is 0. The van der Waals surface area contributed by atoms with Gasteiger partial charge in [0.05, 0.1) is 16.2 Å². The van der Waals surface area contributed by atoms with E-state index in [4.69, 9.17) is 28.2 Å². The Morgan fingerprint density at radius 1 is 0.905 bits per heavy atom. The summed E-state index contributed by atoms with van der Waals surface area (Å²) in [5, 5.41) is 3.46. The van der Waals surface area contributed by atoms with E-state index in [1.54, 1.807) is 0 Å². The molecular weight excluding hydrogens is 303 g/mol. The van der Waals surface area contributed by atoms with Crippen LogP contribution in [0.4, 0.5) is 0 Å². The van der Waals surface area contributed by atoms with Crippen molar-refractivity contribution in [1.29, 1.82) is 0 Å². The van der Waals surface area contributed by atoms with Crippen molar-refractivity contribution in [3.8, 4) is 11.3 Å². The van der Waals surface area contributed by atoms with Crippen LogP contribution in [-0.4, -0.2) is 9.97 Å². The first kappa shape index (κ1) is 12.7. The minimum absolute atomic E-state index is 0.707. The van der Waals surface area contributed by atoms with Gasteiger partial charge in [0, 0.05) is 33.1 Å². The van der Waals surface area contributed by atoms with Gasteiger partial charge in [-0.25, -0.2) is 4.98 Å². The summed E-state index contributed by atoms with van der Waals surface area (Å²) < 4.78 is 0. The zero-order valence-corrected chi connectivity index (χ0v) is 12.4. The lowest BCUT2D eigenvalue weighted by molar-refractivity contribution is 1.40. The standard InChI is InChI=1S/C17H10Cl2N2/c18-10-5-6-11-13(9-20-16(11)7-10)17-8-14(19)12-3-1-2-4-15(12)21-17/h1-9,20H. The van der Waals surface area contributed by atoms with E-state index in [9.17, 15) is 0 Å². The lowest BCUT2D eigenvalue weighted by Crippen LogP contribution is -1.85. The molecule has 21 heavy (non-hydrogen) atoms. The zero-order valence-electron chi connectivity index (χ0n) is 10.9. The third kappa shape index (κ3) is 2.08. The van der Waals surface area contributed by atoms with Crippen LogP contribution in [0, 0.1) is 0 Å². The number of fused-ring (bicyclic) bond motifs is 2. The highest BCUT2D eigenvalue weighted by Crippen LogP contribution is 2.32. The molecular formula is C17H10Cl2N2. The van der Waals surface area contributed by atoms with E-state index >= 15 is 0 Å². The fourth-order valence-corrected chi connectivity index (χ4v) is 3.02. The number of halogens is 2. The third-order valence-corrected chi connectivity index (χ3v) is 4.13. The molecule has 0 saturated carbocycles. The summed E-state index contributed by atoms with van der Waals surface area (Å²) in [5.41, 5.74) is 3.76. The van der Waals surface area contributed by atoms with E-state index in [-0.39, 0.29) is 0 Å². The quantitative estimate of drug-likeness (QED) is 0.480. The predicted molar refractivity (Wildman–Crippen MR) is 89.1 cm³/mol. The summed E-state index contributed by atoms with van der Waals surface area (Å²) in [6.07, 6.45) is 1.94. The summed E-state index contributed by atoms with van der Waals surface area (Å²) in [4.78, 5) is 7.94. The van der Waals surface area contributed by atoms with Crippen LogP contribution in [-0.2, 0) is 0 Å². The van der Waals surface area contributed by atoms with Crippen molar-refractivity contribution in [2.45, 2.75) is 0 Å². The van der Waals surface area contributed by atoms with Crippen molar-refractivity contribution >= 4 is 45.0 Å². The van der Waals surface area contributed by atoms with E-state index in [0.717, 1.165) is 33.1 Å². The summed E-state index contributed by atoms with van der Waals surface area (Å²) >= 11 is 12.4. The number of pyridine rings is 1. The maximum atomic E-state index is 6.38. The second-order valence-electron chi connectivity index (χ2n) is 4.90. The molecule has 0 bridgehead atoms. The van der Waals surface area contributed by atoms with Crippen LogP contribution in [0.2, 0.25) is 10.0 Å². The predicted octanol–water partition coefficient (Wildman–Crippen LogP) is 5.69. The van der Waals surface area contributed by atoms with Crippen LogP contribution in [0.15, 0.2) is 54.7 Å². The Morgan fingerprint density at radius 2 is 1.76 bits per heavy atom. The molecule has 0 aliphatic rings. The van der Waals surface area contributed by atoms with Gasteiger partial charge in [-0.1, -0.05) is 47.5 Å². The maximum Gasteiger partial charge on any atom is 0.0746 e. The van der Waals surface area contributed by atoms with E-state index in [2.05, 4.69) is 4.98 Å². The van der Waals surface area contributed by atoms with Gasteiger partial charge in [0.1, 0.15) is 0 Å². The molecule has 0 saturated heterocycles. The molecule has 0 unspecified atom stereocenters. The monoisotopic (exact) mass is 312 g/mol. The first-order chi connectivity index (χ1) is 10.2. The van der Waals surface area contributed by atoms with Crippen LogP contribution >= 0.6 is 23.2 Å². The van der Waals surface area contributed by atoms with Crippen molar-refractivity contribution in [2.75, 3.05) is 0 Å². The Balaban J connectivity index is 2.00. The molecule has 0 atom stereocenters. The Morgan fingerprint density at radius 3 is 2.67 bits per heavy atom. The number of aromatic nitrogens is 2. The zero-order chi connectivity index (χ0) is 14.4. The maximum absolute atomic E-state index is 6.38. The molecule has 0 aliphatic carbocycles. The van der Waals surface area contributed by atoms with Crippen LogP contribution in [0.3, 0.4) is 0 Å². The number of rotatable bonds is 1. The Labute approximate surface area is 131 Å². The smallest absolute Gasteiger partial charge is 0.0746 e. The minimum atomic E-state index is 0.707. The molecule has 2 aromatic carbocycles. The molecule has 2 aromatic heterocycles. The van der Waals surface area contributed by atoms with Crippen molar-refractivity contribution in [2.24, 2.45) is 0 Å². The second kappa shape index (κ2) is 4.76. The minimum Gasteiger partial charge on any atom is -0.360 e. The van der Waals surface area contributed by atoms with Crippen molar-refractivity contribution < 1.29 is 0 Å². The Hall–Kier alpha value is -2.03. The number of benzene rings is 2. The largest absolute Gasteiger partial charge is 0.360 e. The van der Waals surface area contributed by atoms with Gasteiger partial charge in [-0.05, 0) is 24.3 Å². The molecule has 4 rings (SSSR count). The van der Waals surface area contributed by atoms with Crippen LogP contribution < -0.4 is 0 Å². The average Bonchev–Trinajstić information content (AvgIpc) is 2.90. The summed E-state index contributed by atoms with van der Waals surface area (Å²) in [6, 6.07) is 15.6. The average molecular weight is 313 g/mol. The third-order valence-electron chi connectivity index (χ3n) is 3.59. The molecule has 0 aliphatic heterocycles. The highest BCUT2D eigenvalue weighted by molar-refractivity contribution is 6.35. The first-order valence-corrected chi connectivity index (χ1v) is 7.30. The summed E-state index contributed by atoms with van der Waals surface area (Å²) in [7, 11) is 0. The number of para-hydroxylation sites is 1. The second-order valence-corrected chi connectivity index (χ2v) is 5.74. The number of nitrogens with one attached hydrogen (secondary N) is 1. The Bertz CT molecular complexity index is 973. The molecule has 102 valence electrons. The normalized spacial score (nSPS) is 11.3. The molecule has 0 radical (unpaired) electrons. The number of hydrogen-bond acceptors (Lipinski definition) is 1. The van der Waals surface area contributed by atoms with E-state index in [1.165, 1.54) is 0 Å². The van der Waals surface area contributed by atoms with Gasteiger partial charge in [-0.3, -0.25) is 0 Å². The van der Waals surface area contributed by atoms with Gasteiger partial charge < -0.3 is 4.98 Å². The number of hydrogen-bond donors (Lipinski definition) is 1.